The van der Waals surface area contributed by atoms with E-state index in [1.165, 1.54) is 6.20 Å². The number of aromatic nitrogens is 2. The molecule has 1 saturated carbocycles. The average molecular weight is 286 g/mol. The monoisotopic (exact) mass is 286 g/mol. The Morgan fingerprint density at radius 2 is 2.32 bits per heavy atom. The quantitative estimate of drug-likeness (QED) is 0.744. The molecule has 4 N–H and O–H groups in total. The van der Waals surface area contributed by atoms with Crippen LogP contribution in [0.2, 0.25) is 0 Å². The van der Waals surface area contributed by atoms with Crippen LogP contribution in [0.25, 0.3) is 0 Å². The number of aryl methyl sites for hydroxylation is 1. The summed E-state index contributed by atoms with van der Waals surface area (Å²) in [6.07, 6.45) is 6.12. The first-order chi connectivity index (χ1) is 9.01. The van der Waals surface area contributed by atoms with Crippen molar-refractivity contribution in [1.29, 1.82) is 0 Å². The maximum absolute atomic E-state index is 12.1. The van der Waals surface area contributed by atoms with Crippen LogP contribution in [0.4, 0.5) is 0 Å². The first-order valence-corrected chi connectivity index (χ1v) is 8.28. The van der Waals surface area contributed by atoms with Crippen LogP contribution in [-0.2, 0) is 16.4 Å². The molecule has 0 radical (unpaired) electrons. The summed E-state index contributed by atoms with van der Waals surface area (Å²) in [6.45, 7) is 2.38. The molecular weight excluding hydrogens is 264 g/mol. The average Bonchev–Trinajstić information content (AvgIpc) is 2.86. The molecule has 2 rings (SSSR count). The zero-order valence-electron chi connectivity index (χ0n) is 11.2. The lowest BCUT2D eigenvalue weighted by Gasteiger charge is -2.26. The lowest BCUT2D eigenvalue weighted by molar-refractivity contribution is 0.322. The fourth-order valence-corrected chi connectivity index (χ4v) is 3.54. The minimum atomic E-state index is -3.48. The first-order valence-electron chi connectivity index (χ1n) is 6.80. The highest BCUT2D eigenvalue weighted by Crippen LogP contribution is 2.22. The summed E-state index contributed by atoms with van der Waals surface area (Å²) in [5, 5.41) is 0.143. The lowest BCUT2D eigenvalue weighted by atomic mass is 9.86. The minimum absolute atomic E-state index is 0.143. The second-order valence-corrected chi connectivity index (χ2v) is 6.93. The molecular formula is C12H22N4O2S. The van der Waals surface area contributed by atoms with E-state index >= 15 is 0 Å². The molecule has 2 atom stereocenters. The number of nitrogens with one attached hydrogen (secondary N) is 2. The van der Waals surface area contributed by atoms with Crippen molar-refractivity contribution in [3.05, 3.63) is 12.0 Å². The van der Waals surface area contributed by atoms with Gasteiger partial charge in [-0.2, -0.15) is 0 Å². The molecule has 1 fully saturated rings. The Labute approximate surface area is 114 Å². The third kappa shape index (κ3) is 3.77. The SMILES string of the molecule is CCc1ncc(S(=O)(=O)NCC2CCCC(N)C2)[nH]1. The van der Waals surface area contributed by atoms with Crippen molar-refractivity contribution in [3.63, 3.8) is 0 Å². The summed E-state index contributed by atoms with van der Waals surface area (Å²) in [5.74, 6) is 1.02. The van der Waals surface area contributed by atoms with Crippen molar-refractivity contribution in [2.45, 2.75) is 50.1 Å². The molecule has 1 aromatic heterocycles. The second-order valence-electron chi connectivity index (χ2n) is 5.19. The van der Waals surface area contributed by atoms with Crippen LogP contribution in [-0.4, -0.2) is 31.0 Å². The van der Waals surface area contributed by atoms with Crippen molar-refractivity contribution in [2.24, 2.45) is 11.7 Å². The fourth-order valence-electron chi connectivity index (χ4n) is 2.48. The van der Waals surface area contributed by atoms with E-state index in [4.69, 9.17) is 5.73 Å². The molecule has 1 heterocycles. The highest BCUT2D eigenvalue weighted by Gasteiger charge is 2.22. The van der Waals surface area contributed by atoms with Crippen molar-refractivity contribution >= 4 is 10.0 Å². The van der Waals surface area contributed by atoms with Crippen LogP contribution in [0.3, 0.4) is 0 Å². The van der Waals surface area contributed by atoms with Crippen LogP contribution in [0.1, 0.15) is 38.4 Å². The van der Waals surface area contributed by atoms with Crippen molar-refractivity contribution < 1.29 is 8.42 Å². The molecule has 0 aromatic carbocycles. The number of imidazole rings is 1. The van der Waals surface area contributed by atoms with E-state index < -0.39 is 10.0 Å². The molecule has 108 valence electrons. The van der Waals surface area contributed by atoms with Crippen molar-refractivity contribution in [1.82, 2.24) is 14.7 Å². The summed E-state index contributed by atoms with van der Waals surface area (Å²) >= 11 is 0. The fraction of sp³-hybridized carbons (Fsp3) is 0.750. The highest BCUT2D eigenvalue weighted by molar-refractivity contribution is 7.89. The van der Waals surface area contributed by atoms with Gasteiger partial charge in [0.15, 0.2) is 5.03 Å². The van der Waals surface area contributed by atoms with E-state index in [0.29, 0.717) is 24.7 Å². The van der Waals surface area contributed by atoms with Gasteiger partial charge in [0.25, 0.3) is 10.0 Å². The maximum Gasteiger partial charge on any atom is 0.257 e. The van der Waals surface area contributed by atoms with Gasteiger partial charge in [0.05, 0.1) is 6.20 Å². The van der Waals surface area contributed by atoms with E-state index in [9.17, 15) is 8.42 Å². The topological polar surface area (TPSA) is 101 Å². The van der Waals surface area contributed by atoms with Gasteiger partial charge >= 0.3 is 0 Å². The normalized spacial score (nSPS) is 24.5. The van der Waals surface area contributed by atoms with Gasteiger partial charge in [-0.1, -0.05) is 13.3 Å². The Morgan fingerprint density at radius 1 is 1.53 bits per heavy atom. The van der Waals surface area contributed by atoms with Crippen LogP contribution in [0.5, 0.6) is 0 Å². The standard InChI is InChI=1S/C12H22N4O2S/c1-2-11-14-8-12(16-11)19(17,18)15-7-9-4-3-5-10(13)6-9/h8-10,15H,2-7,13H2,1H3,(H,14,16). The second kappa shape index (κ2) is 6.02. The van der Waals surface area contributed by atoms with Crippen LogP contribution in [0.15, 0.2) is 11.2 Å². The molecule has 0 amide bonds. The molecule has 6 nitrogen and oxygen atoms in total. The van der Waals surface area contributed by atoms with Gasteiger partial charge in [0.1, 0.15) is 5.82 Å². The lowest BCUT2D eigenvalue weighted by Crippen LogP contribution is -2.35. The number of rotatable bonds is 5. The molecule has 0 saturated heterocycles. The van der Waals surface area contributed by atoms with Crippen LogP contribution in [0, 0.1) is 5.92 Å². The molecule has 2 unspecified atom stereocenters. The van der Waals surface area contributed by atoms with Crippen molar-refractivity contribution in [3.8, 4) is 0 Å². The summed E-state index contributed by atoms with van der Waals surface area (Å²) < 4.78 is 26.8. The highest BCUT2D eigenvalue weighted by atomic mass is 32.2. The van der Waals surface area contributed by atoms with Gasteiger partial charge in [-0.25, -0.2) is 18.1 Å². The molecule has 1 aliphatic rings. The van der Waals surface area contributed by atoms with E-state index in [1.54, 1.807) is 0 Å². The number of nitrogens with zero attached hydrogens (tertiary/aromatic N) is 1. The number of sulfonamides is 1. The van der Waals surface area contributed by atoms with Gasteiger partial charge < -0.3 is 10.7 Å². The predicted molar refractivity (Wildman–Crippen MR) is 73.1 cm³/mol. The molecule has 1 aliphatic carbocycles. The van der Waals surface area contributed by atoms with E-state index in [0.717, 1.165) is 25.7 Å². The Bertz CT molecular complexity index is 512. The number of nitrogens with two attached hydrogens (primary N) is 1. The zero-order chi connectivity index (χ0) is 13.9. The molecule has 0 spiro atoms. The summed E-state index contributed by atoms with van der Waals surface area (Å²) in [6, 6.07) is 0.210. The van der Waals surface area contributed by atoms with E-state index in [2.05, 4.69) is 14.7 Å². The van der Waals surface area contributed by atoms with Gasteiger partial charge in [-0.15, -0.1) is 0 Å². The van der Waals surface area contributed by atoms with Crippen molar-refractivity contribution in [2.75, 3.05) is 6.54 Å². The Morgan fingerprint density at radius 3 is 2.95 bits per heavy atom. The van der Waals surface area contributed by atoms with E-state index in [1.807, 2.05) is 6.92 Å². The third-order valence-electron chi connectivity index (χ3n) is 3.61. The van der Waals surface area contributed by atoms with Gasteiger partial charge in [-0.05, 0) is 25.2 Å². The summed E-state index contributed by atoms with van der Waals surface area (Å²) in [5.41, 5.74) is 5.90. The first kappa shape index (κ1) is 14.5. The maximum atomic E-state index is 12.1. The Balaban J connectivity index is 1.93. The molecule has 0 bridgehead atoms. The van der Waals surface area contributed by atoms with Gasteiger partial charge in [-0.3, -0.25) is 0 Å². The Hall–Kier alpha value is -0.920. The zero-order valence-corrected chi connectivity index (χ0v) is 12.0. The third-order valence-corrected chi connectivity index (χ3v) is 4.95. The van der Waals surface area contributed by atoms with Crippen LogP contribution >= 0.6 is 0 Å². The number of hydrogen-bond acceptors (Lipinski definition) is 4. The predicted octanol–water partition coefficient (Wildman–Crippen LogP) is 0.768. The minimum Gasteiger partial charge on any atom is -0.332 e. The molecule has 19 heavy (non-hydrogen) atoms. The smallest absolute Gasteiger partial charge is 0.257 e. The van der Waals surface area contributed by atoms with Crippen LogP contribution < -0.4 is 10.5 Å². The largest absolute Gasteiger partial charge is 0.332 e. The summed E-state index contributed by atoms with van der Waals surface area (Å²) in [4.78, 5) is 6.83. The number of aromatic amines is 1. The molecule has 1 aromatic rings. The molecule has 7 heteroatoms. The molecule has 0 aliphatic heterocycles. The number of H-pyrrole nitrogens is 1. The number of hydrogen-bond donors (Lipinski definition) is 3. The summed E-state index contributed by atoms with van der Waals surface area (Å²) in [7, 11) is -3.48. The van der Waals surface area contributed by atoms with E-state index in [-0.39, 0.29) is 11.1 Å². The van der Waals surface area contributed by atoms with Gasteiger partial charge in [0.2, 0.25) is 0 Å². The Kier molecular flexibility index (Phi) is 4.59. The van der Waals surface area contributed by atoms with Gasteiger partial charge in [0, 0.05) is 19.0 Å².